The molecule has 0 aliphatic carbocycles. The molecule has 0 radical (unpaired) electrons. The standard InChI is InChI=1S/C20H19NO5/c1-3-24-14-9-10-18(25-4-2)16(12-14)21-19(22)15-11-13-7-5-6-8-17(13)26-20(15)23/h5-12H,3-4H2,1-2H3,(H,21,22). The van der Waals surface area contributed by atoms with Gasteiger partial charge in [0.1, 0.15) is 22.6 Å². The van der Waals surface area contributed by atoms with E-state index >= 15 is 0 Å². The van der Waals surface area contributed by atoms with Crippen molar-refractivity contribution in [3.63, 3.8) is 0 Å². The summed E-state index contributed by atoms with van der Waals surface area (Å²) in [6, 6.07) is 13.7. The van der Waals surface area contributed by atoms with Crippen LogP contribution in [-0.4, -0.2) is 19.1 Å². The van der Waals surface area contributed by atoms with E-state index in [1.165, 1.54) is 6.07 Å². The number of para-hydroxylation sites is 1. The number of ether oxygens (including phenoxy) is 2. The van der Waals surface area contributed by atoms with Gasteiger partial charge in [0.15, 0.2) is 0 Å². The maximum Gasteiger partial charge on any atom is 0.349 e. The van der Waals surface area contributed by atoms with Gasteiger partial charge in [0, 0.05) is 11.5 Å². The average molecular weight is 353 g/mol. The van der Waals surface area contributed by atoms with Gasteiger partial charge in [-0.1, -0.05) is 18.2 Å². The van der Waals surface area contributed by atoms with E-state index in [1.807, 2.05) is 19.9 Å². The van der Waals surface area contributed by atoms with Crippen LogP contribution in [0.1, 0.15) is 24.2 Å². The quantitative estimate of drug-likeness (QED) is 0.681. The van der Waals surface area contributed by atoms with E-state index in [2.05, 4.69) is 5.32 Å². The van der Waals surface area contributed by atoms with Crippen molar-refractivity contribution in [2.75, 3.05) is 18.5 Å². The average Bonchev–Trinajstić information content (AvgIpc) is 2.63. The number of benzene rings is 2. The first-order valence-electron chi connectivity index (χ1n) is 8.36. The molecule has 0 saturated carbocycles. The molecule has 1 heterocycles. The minimum Gasteiger partial charge on any atom is -0.494 e. The number of hydrogen-bond donors (Lipinski definition) is 1. The molecule has 3 rings (SSSR count). The van der Waals surface area contributed by atoms with E-state index in [9.17, 15) is 9.59 Å². The smallest absolute Gasteiger partial charge is 0.349 e. The first-order chi connectivity index (χ1) is 12.6. The highest BCUT2D eigenvalue weighted by molar-refractivity contribution is 6.06. The van der Waals surface area contributed by atoms with Crippen LogP contribution in [0.3, 0.4) is 0 Å². The van der Waals surface area contributed by atoms with E-state index in [0.29, 0.717) is 41.4 Å². The van der Waals surface area contributed by atoms with Gasteiger partial charge < -0.3 is 19.2 Å². The van der Waals surface area contributed by atoms with Crippen LogP contribution in [0.25, 0.3) is 11.0 Å². The van der Waals surface area contributed by atoms with Crippen LogP contribution < -0.4 is 20.4 Å². The van der Waals surface area contributed by atoms with Crippen LogP contribution >= 0.6 is 0 Å². The summed E-state index contributed by atoms with van der Waals surface area (Å²) in [5.74, 6) is 0.519. The molecule has 134 valence electrons. The summed E-state index contributed by atoms with van der Waals surface area (Å²) in [6.45, 7) is 4.65. The normalized spacial score (nSPS) is 10.5. The highest BCUT2D eigenvalue weighted by atomic mass is 16.5. The van der Waals surface area contributed by atoms with Gasteiger partial charge >= 0.3 is 5.63 Å². The SMILES string of the molecule is CCOc1ccc(OCC)c(NC(=O)c2cc3ccccc3oc2=O)c1. The number of nitrogens with one attached hydrogen (secondary N) is 1. The summed E-state index contributed by atoms with van der Waals surface area (Å²) in [7, 11) is 0. The number of rotatable bonds is 6. The van der Waals surface area contributed by atoms with Crippen molar-refractivity contribution in [1.82, 2.24) is 0 Å². The summed E-state index contributed by atoms with van der Waals surface area (Å²) >= 11 is 0. The van der Waals surface area contributed by atoms with Crippen LogP contribution in [-0.2, 0) is 0 Å². The Labute approximate surface area is 150 Å². The van der Waals surface area contributed by atoms with E-state index < -0.39 is 11.5 Å². The fourth-order valence-electron chi connectivity index (χ4n) is 2.55. The van der Waals surface area contributed by atoms with Crippen LogP contribution in [0.4, 0.5) is 5.69 Å². The zero-order valence-electron chi connectivity index (χ0n) is 14.6. The zero-order chi connectivity index (χ0) is 18.5. The third-order valence-electron chi connectivity index (χ3n) is 3.70. The molecule has 1 amide bonds. The summed E-state index contributed by atoms with van der Waals surface area (Å²) in [6.07, 6.45) is 0. The minimum absolute atomic E-state index is 0.0760. The van der Waals surface area contributed by atoms with Gasteiger partial charge in [0.2, 0.25) is 0 Å². The molecular weight excluding hydrogens is 334 g/mol. The van der Waals surface area contributed by atoms with E-state index in [1.54, 1.807) is 36.4 Å². The molecule has 0 aliphatic heterocycles. The predicted octanol–water partition coefficient (Wildman–Crippen LogP) is 3.84. The monoisotopic (exact) mass is 353 g/mol. The molecule has 0 unspecified atom stereocenters. The van der Waals surface area contributed by atoms with Crippen molar-refractivity contribution in [2.24, 2.45) is 0 Å². The number of carbonyl (C=O) groups is 1. The zero-order valence-corrected chi connectivity index (χ0v) is 14.6. The first-order valence-corrected chi connectivity index (χ1v) is 8.36. The fourth-order valence-corrected chi connectivity index (χ4v) is 2.55. The number of anilines is 1. The molecule has 2 aromatic carbocycles. The molecule has 0 spiro atoms. The Morgan fingerprint density at radius 1 is 1.04 bits per heavy atom. The Balaban J connectivity index is 1.95. The van der Waals surface area contributed by atoms with Crippen LogP contribution in [0.15, 0.2) is 57.7 Å². The van der Waals surface area contributed by atoms with Gasteiger partial charge in [0.05, 0.1) is 18.9 Å². The van der Waals surface area contributed by atoms with Gasteiger partial charge in [-0.15, -0.1) is 0 Å². The van der Waals surface area contributed by atoms with Gasteiger partial charge in [0.25, 0.3) is 5.91 Å². The maximum absolute atomic E-state index is 12.6. The molecular formula is C20H19NO5. The van der Waals surface area contributed by atoms with Crippen molar-refractivity contribution in [1.29, 1.82) is 0 Å². The summed E-state index contributed by atoms with van der Waals surface area (Å²) in [4.78, 5) is 24.8. The largest absolute Gasteiger partial charge is 0.494 e. The lowest BCUT2D eigenvalue weighted by molar-refractivity contribution is 0.102. The Kier molecular flexibility index (Phi) is 5.22. The van der Waals surface area contributed by atoms with E-state index in [-0.39, 0.29) is 5.56 Å². The first kappa shape index (κ1) is 17.5. The third kappa shape index (κ3) is 3.69. The Hall–Kier alpha value is -3.28. The fraction of sp³-hybridized carbons (Fsp3) is 0.200. The highest BCUT2D eigenvalue weighted by Crippen LogP contribution is 2.30. The molecule has 6 heteroatoms. The van der Waals surface area contributed by atoms with Crippen LogP contribution in [0, 0.1) is 0 Å². The number of carbonyl (C=O) groups excluding carboxylic acids is 1. The van der Waals surface area contributed by atoms with Crippen LogP contribution in [0.5, 0.6) is 11.5 Å². The number of hydrogen-bond acceptors (Lipinski definition) is 5. The maximum atomic E-state index is 12.6. The Morgan fingerprint density at radius 2 is 1.81 bits per heavy atom. The van der Waals surface area contributed by atoms with Gasteiger partial charge in [-0.25, -0.2) is 4.79 Å². The van der Waals surface area contributed by atoms with Gasteiger partial charge in [-0.05, 0) is 38.1 Å². The molecule has 1 aromatic heterocycles. The number of amides is 1. The molecule has 0 bridgehead atoms. The van der Waals surface area contributed by atoms with Crippen molar-refractivity contribution in [2.45, 2.75) is 13.8 Å². The minimum atomic E-state index is -0.694. The summed E-state index contributed by atoms with van der Waals surface area (Å²) in [5, 5.41) is 3.38. The molecule has 26 heavy (non-hydrogen) atoms. The lowest BCUT2D eigenvalue weighted by Gasteiger charge is -2.13. The van der Waals surface area contributed by atoms with Crippen molar-refractivity contribution in [3.8, 4) is 11.5 Å². The second-order valence-electron chi connectivity index (χ2n) is 5.46. The van der Waals surface area contributed by atoms with Crippen molar-refractivity contribution >= 4 is 22.6 Å². The van der Waals surface area contributed by atoms with Crippen LogP contribution in [0.2, 0.25) is 0 Å². The van der Waals surface area contributed by atoms with Crippen molar-refractivity contribution in [3.05, 3.63) is 64.5 Å². The van der Waals surface area contributed by atoms with E-state index in [4.69, 9.17) is 13.9 Å². The lowest BCUT2D eigenvalue weighted by Crippen LogP contribution is -2.21. The third-order valence-corrected chi connectivity index (χ3v) is 3.70. The number of fused-ring (bicyclic) bond motifs is 1. The summed E-state index contributed by atoms with van der Waals surface area (Å²) < 4.78 is 16.2. The van der Waals surface area contributed by atoms with E-state index in [0.717, 1.165) is 0 Å². The second-order valence-corrected chi connectivity index (χ2v) is 5.46. The molecule has 1 N–H and O–H groups in total. The Bertz CT molecular complexity index is 993. The molecule has 0 fully saturated rings. The molecule has 6 nitrogen and oxygen atoms in total. The molecule has 0 atom stereocenters. The summed E-state index contributed by atoms with van der Waals surface area (Å²) in [5.41, 5.74) is 0.0887. The van der Waals surface area contributed by atoms with Crippen molar-refractivity contribution < 1.29 is 18.7 Å². The predicted molar refractivity (Wildman–Crippen MR) is 99.2 cm³/mol. The van der Waals surface area contributed by atoms with Gasteiger partial charge in [-0.3, -0.25) is 4.79 Å². The second kappa shape index (κ2) is 7.74. The Morgan fingerprint density at radius 3 is 2.58 bits per heavy atom. The lowest BCUT2D eigenvalue weighted by atomic mass is 10.1. The highest BCUT2D eigenvalue weighted by Gasteiger charge is 2.16. The molecule has 3 aromatic rings. The van der Waals surface area contributed by atoms with Gasteiger partial charge in [-0.2, -0.15) is 0 Å². The molecule has 0 saturated heterocycles. The topological polar surface area (TPSA) is 77.8 Å². The molecule has 0 aliphatic rings.